The quantitative estimate of drug-likeness (QED) is 0.697. The predicted molar refractivity (Wildman–Crippen MR) is 95.4 cm³/mol. The molecule has 3 N–H and O–H groups in total. The lowest BCUT2D eigenvalue weighted by molar-refractivity contribution is -0.129. The second kappa shape index (κ2) is 6.52. The third-order valence-electron chi connectivity index (χ3n) is 4.75. The Hall–Kier alpha value is -3.62. The van der Waals surface area contributed by atoms with Crippen molar-refractivity contribution in [2.24, 2.45) is 0 Å². The van der Waals surface area contributed by atoms with Crippen molar-refractivity contribution in [1.29, 1.82) is 0 Å². The monoisotopic (exact) mass is 385 g/mol. The number of hydrogen-bond donors (Lipinski definition) is 3. The molecule has 0 aromatic heterocycles. The van der Waals surface area contributed by atoms with E-state index in [1.165, 1.54) is 13.2 Å². The van der Waals surface area contributed by atoms with Gasteiger partial charge < -0.3 is 20.1 Å². The molecule has 0 bridgehead atoms. The van der Waals surface area contributed by atoms with Gasteiger partial charge in [-0.3, -0.25) is 14.9 Å². The van der Waals surface area contributed by atoms with Crippen LogP contribution in [0.25, 0.3) is 0 Å². The third-order valence-corrected chi connectivity index (χ3v) is 4.75. The van der Waals surface area contributed by atoms with Crippen molar-refractivity contribution < 1.29 is 28.2 Å². The van der Waals surface area contributed by atoms with E-state index in [-0.39, 0.29) is 17.7 Å². The van der Waals surface area contributed by atoms with Crippen LogP contribution in [0.3, 0.4) is 0 Å². The molecule has 1 spiro atoms. The number of amides is 4. The Kier molecular flexibility index (Phi) is 4.14. The first-order valence-corrected chi connectivity index (χ1v) is 8.46. The van der Waals surface area contributed by atoms with Gasteiger partial charge in [-0.1, -0.05) is 0 Å². The molecule has 28 heavy (non-hydrogen) atoms. The molecule has 1 fully saturated rings. The van der Waals surface area contributed by atoms with Crippen molar-refractivity contribution in [2.75, 3.05) is 12.4 Å². The van der Waals surface area contributed by atoms with Crippen LogP contribution < -0.4 is 25.4 Å². The number of halogens is 1. The van der Waals surface area contributed by atoms with E-state index in [2.05, 4.69) is 16.0 Å². The third kappa shape index (κ3) is 2.90. The standard InChI is InChI=1S/C19H16FN3O5/c1-27-12-5-3-11(4-6-12)21-16(24)15-9-19(17(25)22-18(26)23-19)13-8-10(20)2-7-14(13)28-15/h2-8,15H,9H2,1H3,(H,21,24)(H2,22,23,25,26). The van der Waals surface area contributed by atoms with Crippen LogP contribution in [-0.4, -0.2) is 31.1 Å². The van der Waals surface area contributed by atoms with E-state index < -0.39 is 35.3 Å². The second-order valence-electron chi connectivity index (χ2n) is 6.48. The van der Waals surface area contributed by atoms with Crippen LogP contribution in [0.1, 0.15) is 12.0 Å². The van der Waals surface area contributed by atoms with Crippen molar-refractivity contribution >= 4 is 23.5 Å². The molecule has 2 aliphatic heterocycles. The first-order chi connectivity index (χ1) is 13.4. The van der Waals surface area contributed by atoms with Crippen LogP contribution in [0.4, 0.5) is 14.9 Å². The lowest BCUT2D eigenvalue weighted by atomic mass is 9.81. The van der Waals surface area contributed by atoms with Crippen molar-refractivity contribution in [3.8, 4) is 11.5 Å². The van der Waals surface area contributed by atoms with E-state index in [9.17, 15) is 18.8 Å². The number of ether oxygens (including phenoxy) is 2. The zero-order chi connectivity index (χ0) is 19.9. The van der Waals surface area contributed by atoms with Gasteiger partial charge in [-0.25, -0.2) is 9.18 Å². The predicted octanol–water partition coefficient (Wildman–Crippen LogP) is 1.66. The minimum atomic E-state index is -1.57. The molecule has 2 aromatic rings. The zero-order valence-electron chi connectivity index (χ0n) is 14.7. The Balaban J connectivity index is 1.64. The summed E-state index contributed by atoms with van der Waals surface area (Å²) in [5.74, 6) is -0.966. The number of carbonyl (C=O) groups excluding carboxylic acids is 3. The maximum Gasteiger partial charge on any atom is 0.322 e. The van der Waals surface area contributed by atoms with Crippen LogP contribution in [0.5, 0.6) is 11.5 Å². The maximum absolute atomic E-state index is 13.8. The number of methoxy groups -OCH3 is 1. The van der Waals surface area contributed by atoms with Gasteiger partial charge in [0, 0.05) is 17.7 Å². The molecule has 1 saturated heterocycles. The van der Waals surface area contributed by atoms with Crippen molar-refractivity contribution in [3.63, 3.8) is 0 Å². The molecule has 2 aliphatic rings. The fraction of sp³-hybridized carbons (Fsp3) is 0.211. The molecule has 2 aromatic carbocycles. The summed E-state index contributed by atoms with van der Waals surface area (Å²) in [4.78, 5) is 37.0. The highest BCUT2D eigenvalue weighted by molar-refractivity contribution is 6.08. The largest absolute Gasteiger partial charge is 0.497 e. The molecule has 0 saturated carbocycles. The van der Waals surface area contributed by atoms with E-state index in [0.29, 0.717) is 11.4 Å². The van der Waals surface area contributed by atoms with E-state index in [1.807, 2.05) is 0 Å². The number of fused-ring (bicyclic) bond motifs is 2. The highest BCUT2D eigenvalue weighted by Crippen LogP contribution is 2.42. The molecule has 4 rings (SSSR count). The minimum Gasteiger partial charge on any atom is -0.497 e. The van der Waals surface area contributed by atoms with Gasteiger partial charge in [0.2, 0.25) is 0 Å². The second-order valence-corrected chi connectivity index (χ2v) is 6.48. The molecule has 0 aliphatic carbocycles. The number of imide groups is 1. The van der Waals surface area contributed by atoms with Crippen LogP contribution in [-0.2, 0) is 15.1 Å². The van der Waals surface area contributed by atoms with Crippen molar-refractivity contribution in [1.82, 2.24) is 10.6 Å². The van der Waals surface area contributed by atoms with E-state index >= 15 is 0 Å². The molecule has 0 radical (unpaired) electrons. The summed E-state index contributed by atoms with van der Waals surface area (Å²) in [5.41, 5.74) is -0.896. The van der Waals surface area contributed by atoms with Crippen LogP contribution in [0.15, 0.2) is 42.5 Å². The Morgan fingerprint density at radius 2 is 2.00 bits per heavy atom. The topological polar surface area (TPSA) is 106 Å². The van der Waals surface area contributed by atoms with E-state index in [4.69, 9.17) is 9.47 Å². The highest BCUT2D eigenvalue weighted by Gasteiger charge is 2.54. The number of hydrogen-bond acceptors (Lipinski definition) is 5. The number of rotatable bonds is 3. The number of urea groups is 1. The van der Waals surface area contributed by atoms with Gasteiger partial charge in [-0.05, 0) is 42.5 Å². The average molecular weight is 385 g/mol. The van der Waals surface area contributed by atoms with Crippen molar-refractivity contribution in [2.45, 2.75) is 18.1 Å². The Bertz CT molecular complexity index is 978. The van der Waals surface area contributed by atoms with Gasteiger partial charge in [0.1, 0.15) is 17.3 Å². The minimum absolute atomic E-state index is 0.153. The summed E-state index contributed by atoms with van der Waals surface area (Å²) in [6, 6.07) is 9.57. The zero-order valence-corrected chi connectivity index (χ0v) is 14.7. The Morgan fingerprint density at radius 1 is 1.25 bits per heavy atom. The molecule has 4 amide bonds. The fourth-order valence-electron chi connectivity index (χ4n) is 3.39. The number of nitrogens with one attached hydrogen (secondary N) is 3. The van der Waals surface area contributed by atoms with E-state index in [0.717, 1.165) is 12.1 Å². The summed E-state index contributed by atoms with van der Waals surface area (Å²) in [5, 5.41) is 7.37. The van der Waals surface area contributed by atoms with Gasteiger partial charge in [0.15, 0.2) is 11.6 Å². The van der Waals surface area contributed by atoms with Gasteiger partial charge in [-0.2, -0.15) is 0 Å². The number of carbonyl (C=O) groups is 3. The van der Waals surface area contributed by atoms with Crippen molar-refractivity contribution in [3.05, 3.63) is 53.8 Å². The Labute approximate surface area is 159 Å². The SMILES string of the molecule is COc1ccc(NC(=O)C2CC3(NC(=O)NC3=O)c3cc(F)ccc3O2)cc1. The number of benzene rings is 2. The Morgan fingerprint density at radius 3 is 2.64 bits per heavy atom. The normalized spacial score (nSPS) is 22.7. The van der Waals surface area contributed by atoms with Crippen LogP contribution in [0, 0.1) is 5.82 Å². The number of anilines is 1. The summed E-state index contributed by atoms with van der Waals surface area (Å²) in [6.45, 7) is 0. The summed E-state index contributed by atoms with van der Waals surface area (Å²) in [6.07, 6.45) is -1.26. The first kappa shape index (κ1) is 17.8. The van der Waals surface area contributed by atoms with Gasteiger partial charge in [-0.15, -0.1) is 0 Å². The van der Waals surface area contributed by atoms with Gasteiger partial charge in [0.05, 0.1) is 7.11 Å². The first-order valence-electron chi connectivity index (χ1n) is 8.46. The maximum atomic E-state index is 13.8. The molecular formula is C19H16FN3O5. The molecule has 9 heteroatoms. The van der Waals surface area contributed by atoms with Crippen LogP contribution in [0.2, 0.25) is 0 Å². The fourth-order valence-corrected chi connectivity index (χ4v) is 3.39. The van der Waals surface area contributed by atoms with Gasteiger partial charge in [0.25, 0.3) is 11.8 Å². The summed E-state index contributed by atoms with van der Waals surface area (Å²) < 4.78 is 24.5. The molecular weight excluding hydrogens is 369 g/mol. The summed E-state index contributed by atoms with van der Waals surface area (Å²) >= 11 is 0. The highest BCUT2D eigenvalue weighted by atomic mass is 19.1. The lowest BCUT2D eigenvalue weighted by Gasteiger charge is -2.36. The summed E-state index contributed by atoms with van der Waals surface area (Å²) in [7, 11) is 1.53. The van der Waals surface area contributed by atoms with Crippen LogP contribution >= 0.6 is 0 Å². The molecule has 2 atom stereocenters. The smallest absolute Gasteiger partial charge is 0.322 e. The van der Waals surface area contributed by atoms with E-state index in [1.54, 1.807) is 24.3 Å². The lowest BCUT2D eigenvalue weighted by Crippen LogP contribution is -2.53. The van der Waals surface area contributed by atoms with Gasteiger partial charge >= 0.3 is 6.03 Å². The molecule has 144 valence electrons. The molecule has 2 heterocycles. The molecule has 2 unspecified atom stereocenters. The average Bonchev–Trinajstić information content (AvgIpc) is 2.96. The molecule has 8 nitrogen and oxygen atoms in total.